The summed E-state index contributed by atoms with van der Waals surface area (Å²) in [5.74, 6) is 0. The van der Waals surface area contributed by atoms with Gasteiger partial charge in [0.2, 0.25) is 0 Å². The number of hydrogen-bond donors (Lipinski definition) is 0. The molecule has 11 rings (SSSR count). The van der Waals surface area contributed by atoms with Crippen LogP contribution in [0, 0.1) is 0 Å². The number of benzene rings is 9. The Labute approximate surface area is 400 Å². The smallest absolute Gasteiger partial charge is 0.173 e. The Balaban J connectivity index is 0.858. The van der Waals surface area contributed by atoms with Crippen molar-refractivity contribution >= 4 is 0 Å². The van der Waals surface area contributed by atoms with E-state index in [1.54, 1.807) is 0 Å². The molecule has 0 saturated heterocycles. The molecule has 322 valence electrons. The van der Waals surface area contributed by atoms with Gasteiger partial charge in [-0.1, -0.05) is 206 Å². The molecule has 0 unspecified atom stereocenters. The van der Waals surface area contributed by atoms with Crippen LogP contribution in [0.15, 0.2) is 280 Å². The van der Waals surface area contributed by atoms with Gasteiger partial charge in [0.15, 0.2) is 37.9 Å². The first kappa shape index (κ1) is 41.9. The van der Waals surface area contributed by atoms with Gasteiger partial charge in [-0.2, -0.15) is 0 Å². The van der Waals surface area contributed by atoms with Crippen molar-refractivity contribution in [1.82, 2.24) is 0 Å². The summed E-state index contributed by atoms with van der Waals surface area (Å²) in [5, 5.41) is 0. The monoisotopic (exact) mass is 870 g/mol. The first-order chi connectivity index (χ1) is 33.7. The Bertz CT molecular complexity index is 3050. The fourth-order valence-corrected chi connectivity index (χ4v) is 9.51. The van der Waals surface area contributed by atoms with Gasteiger partial charge in [-0.25, -0.2) is 9.13 Å². The number of aromatic nitrogens is 2. The minimum Gasteiger partial charge on any atom is -0.201 e. The summed E-state index contributed by atoms with van der Waals surface area (Å²) in [6.07, 6.45) is 8.88. The molecule has 0 spiro atoms. The number of pyridine rings is 2. The molecule has 2 heterocycles. The van der Waals surface area contributed by atoms with Crippen LogP contribution in [-0.2, 0) is 13.1 Å². The first-order valence-electron chi connectivity index (χ1n) is 23.5. The van der Waals surface area contributed by atoms with Crippen molar-refractivity contribution in [3.63, 3.8) is 0 Å². The minimum atomic E-state index is 0.781. The summed E-state index contributed by atoms with van der Waals surface area (Å²) in [4.78, 5) is 0. The van der Waals surface area contributed by atoms with Crippen LogP contribution >= 0.6 is 0 Å². The van der Waals surface area contributed by atoms with Crippen molar-refractivity contribution in [2.45, 2.75) is 13.1 Å². The number of hydrogen-bond acceptors (Lipinski definition) is 0. The molecule has 0 aliphatic rings. The van der Waals surface area contributed by atoms with Gasteiger partial charge in [0.1, 0.15) is 0 Å². The third kappa shape index (κ3) is 9.09. The molecule has 11 aromatic rings. The topological polar surface area (TPSA) is 7.76 Å². The van der Waals surface area contributed by atoms with Crippen LogP contribution in [0.4, 0.5) is 0 Å². The Kier molecular flexibility index (Phi) is 12.0. The molecule has 0 fully saturated rings. The number of nitrogens with zero attached hydrogens (tertiary/aromatic N) is 2. The molecule has 0 radical (unpaired) electrons. The molecule has 0 N–H and O–H groups in total. The van der Waals surface area contributed by atoms with E-state index in [1.807, 2.05) is 0 Å². The van der Waals surface area contributed by atoms with E-state index in [0.29, 0.717) is 0 Å². The van der Waals surface area contributed by atoms with Crippen molar-refractivity contribution in [3.8, 4) is 89.0 Å². The fourth-order valence-electron chi connectivity index (χ4n) is 9.51. The van der Waals surface area contributed by atoms with Crippen LogP contribution in [0.25, 0.3) is 89.0 Å². The van der Waals surface area contributed by atoms with E-state index in [1.165, 1.54) is 100 Å². The molecule has 2 nitrogen and oxygen atoms in total. The normalized spacial score (nSPS) is 11.1. The maximum absolute atomic E-state index is 2.36. The van der Waals surface area contributed by atoms with Gasteiger partial charge in [-0.3, -0.25) is 0 Å². The predicted octanol–water partition coefficient (Wildman–Crippen LogP) is 15.7. The average molecular weight is 871 g/mol. The molecule has 2 heteroatoms. The summed E-state index contributed by atoms with van der Waals surface area (Å²) in [6.45, 7) is 1.56. The van der Waals surface area contributed by atoms with Gasteiger partial charge in [-0.15, -0.1) is 0 Å². The molecule has 0 bridgehead atoms. The maximum atomic E-state index is 2.36. The van der Waals surface area contributed by atoms with E-state index < -0.39 is 0 Å². The Morgan fingerprint density at radius 2 is 0.441 bits per heavy atom. The highest BCUT2D eigenvalue weighted by Gasteiger charge is 2.20. The summed E-state index contributed by atoms with van der Waals surface area (Å²) in [6, 6.07) is 92.1. The molecule has 0 aliphatic heterocycles. The SMILES string of the molecule is c1ccc(-c2cc(-c3ccccc3)c(-c3cc[n+](Cc4ccc(C[n+]5ccc(-c6c(-c7ccccc7)cc(-c7ccccc7)cc6-c6ccccc6)cc5)cc4)cc3)c(-c3ccccc3)c2)cc1. The predicted molar refractivity (Wildman–Crippen MR) is 281 cm³/mol. The molecular formula is C66H50N2+2. The van der Waals surface area contributed by atoms with E-state index in [-0.39, 0.29) is 0 Å². The van der Waals surface area contributed by atoms with Crippen molar-refractivity contribution in [2.75, 3.05) is 0 Å². The zero-order chi connectivity index (χ0) is 45.5. The molecule has 0 aliphatic carbocycles. The Hall–Kier alpha value is -8.72. The third-order valence-corrected chi connectivity index (χ3v) is 12.9. The molecule has 68 heavy (non-hydrogen) atoms. The quantitative estimate of drug-likeness (QED) is 0.108. The highest BCUT2D eigenvalue weighted by Crippen LogP contribution is 2.45. The summed E-state index contributed by atoms with van der Waals surface area (Å²) in [7, 11) is 0. The molecule has 9 aromatic carbocycles. The van der Waals surface area contributed by atoms with Gasteiger partial charge in [0.25, 0.3) is 0 Å². The van der Waals surface area contributed by atoms with Crippen molar-refractivity contribution in [3.05, 3.63) is 291 Å². The molecular weight excluding hydrogens is 821 g/mol. The maximum Gasteiger partial charge on any atom is 0.173 e. The fraction of sp³-hybridized carbons (Fsp3) is 0.0303. The molecule has 2 aromatic heterocycles. The number of rotatable bonds is 12. The third-order valence-electron chi connectivity index (χ3n) is 12.9. The Morgan fingerprint density at radius 3 is 0.691 bits per heavy atom. The van der Waals surface area contributed by atoms with Crippen LogP contribution in [0.5, 0.6) is 0 Å². The van der Waals surface area contributed by atoms with Gasteiger partial charge in [0.05, 0.1) is 0 Å². The average Bonchev–Trinajstić information content (AvgIpc) is 3.42. The van der Waals surface area contributed by atoms with Crippen molar-refractivity contribution in [1.29, 1.82) is 0 Å². The lowest BCUT2D eigenvalue weighted by molar-refractivity contribution is -0.688. The van der Waals surface area contributed by atoms with E-state index in [0.717, 1.165) is 13.1 Å². The summed E-state index contributed by atoms with van der Waals surface area (Å²) >= 11 is 0. The van der Waals surface area contributed by atoms with Crippen LogP contribution in [-0.4, -0.2) is 0 Å². The zero-order valence-electron chi connectivity index (χ0n) is 37.9. The van der Waals surface area contributed by atoms with Crippen molar-refractivity contribution in [2.24, 2.45) is 0 Å². The second-order valence-electron chi connectivity index (χ2n) is 17.4. The lowest BCUT2D eigenvalue weighted by Gasteiger charge is -2.19. The molecule has 0 atom stereocenters. The van der Waals surface area contributed by atoms with Crippen LogP contribution < -0.4 is 9.13 Å². The van der Waals surface area contributed by atoms with E-state index in [4.69, 9.17) is 0 Å². The highest BCUT2D eigenvalue weighted by atomic mass is 14.9. The standard InChI is InChI=1S/C66H50N2/c1-7-19-51(20-8-1)59-43-61(53-23-11-3-12-24-53)65(62(44-59)54-25-13-4-14-26-54)57-35-39-67(40-36-57)47-49-31-33-50(34-32-49)48-68-41-37-58(38-42-68)66-63(55-27-15-5-16-28-55)45-60(52-21-9-2-10-22-52)46-64(66)56-29-17-6-18-30-56/h1-46H,47-48H2/q+2. The molecule has 0 amide bonds. The summed E-state index contributed by atoms with van der Waals surface area (Å²) < 4.78 is 4.54. The largest absolute Gasteiger partial charge is 0.201 e. The van der Waals surface area contributed by atoms with E-state index >= 15 is 0 Å². The van der Waals surface area contributed by atoms with E-state index in [9.17, 15) is 0 Å². The van der Waals surface area contributed by atoms with Crippen LogP contribution in [0.2, 0.25) is 0 Å². The van der Waals surface area contributed by atoms with Gasteiger partial charge in [0, 0.05) is 35.4 Å². The van der Waals surface area contributed by atoms with Gasteiger partial charge >= 0.3 is 0 Å². The lowest BCUT2D eigenvalue weighted by atomic mass is 9.85. The Morgan fingerprint density at radius 1 is 0.206 bits per heavy atom. The summed E-state index contributed by atoms with van der Waals surface area (Å²) in [5.41, 5.74) is 21.9. The van der Waals surface area contributed by atoms with Gasteiger partial charge in [-0.05, 0) is 113 Å². The first-order valence-corrected chi connectivity index (χ1v) is 23.5. The molecule has 0 saturated carbocycles. The minimum absolute atomic E-state index is 0.781. The second kappa shape index (κ2) is 19.4. The second-order valence-corrected chi connectivity index (χ2v) is 17.4. The van der Waals surface area contributed by atoms with Gasteiger partial charge < -0.3 is 0 Å². The lowest BCUT2D eigenvalue weighted by Crippen LogP contribution is -2.34. The van der Waals surface area contributed by atoms with Crippen LogP contribution in [0.1, 0.15) is 11.1 Å². The highest BCUT2D eigenvalue weighted by molar-refractivity contribution is 5.99. The van der Waals surface area contributed by atoms with Crippen LogP contribution in [0.3, 0.4) is 0 Å². The van der Waals surface area contributed by atoms with Crippen molar-refractivity contribution < 1.29 is 9.13 Å². The zero-order valence-corrected chi connectivity index (χ0v) is 37.9. The van der Waals surface area contributed by atoms with E-state index in [2.05, 4.69) is 289 Å².